The van der Waals surface area contributed by atoms with E-state index < -0.39 is 0 Å². The number of nitrogens with zero attached hydrogens (tertiary/aromatic N) is 3. The molecular weight excluding hydrogens is 291 g/mol. The van der Waals surface area contributed by atoms with Crippen LogP contribution in [-0.2, 0) is 6.54 Å². The van der Waals surface area contributed by atoms with Crippen molar-refractivity contribution < 1.29 is 4.39 Å². The molecule has 3 rings (SSSR count). The fourth-order valence-electron chi connectivity index (χ4n) is 2.07. The van der Waals surface area contributed by atoms with Crippen molar-refractivity contribution >= 4 is 17.3 Å². The Morgan fingerprint density at radius 2 is 2.05 bits per heavy atom. The minimum atomic E-state index is -0.344. The number of halogens is 2. The van der Waals surface area contributed by atoms with Gasteiger partial charge < -0.3 is 5.32 Å². The van der Waals surface area contributed by atoms with E-state index in [1.54, 1.807) is 23.1 Å². The van der Waals surface area contributed by atoms with Gasteiger partial charge in [-0.3, -0.25) is 0 Å². The van der Waals surface area contributed by atoms with Crippen molar-refractivity contribution in [1.82, 2.24) is 15.0 Å². The van der Waals surface area contributed by atoms with E-state index in [9.17, 15) is 4.39 Å². The summed E-state index contributed by atoms with van der Waals surface area (Å²) < 4.78 is 15.0. The van der Waals surface area contributed by atoms with E-state index in [4.69, 9.17) is 11.6 Å². The monoisotopic (exact) mass is 302 g/mol. The van der Waals surface area contributed by atoms with Gasteiger partial charge in [-0.1, -0.05) is 28.9 Å². The zero-order chi connectivity index (χ0) is 14.7. The highest BCUT2D eigenvalue weighted by Crippen LogP contribution is 2.20. The Morgan fingerprint density at radius 1 is 1.19 bits per heavy atom. The first-order valence-electron chi connectivity index (χ1n) is 6.37. The summed E-state index contributed by atoms with van der Waals surface area (Å²) >= 11 is 5.85. The number of nitrogens with one attached hydrogen (secondary N) is 1. The van der Waals surface area contributed by atoms with Gasteiger partial charge in [0.1, 0.15) is 5.82 Å². The maximum atomic E-state index is 13.3. The number of para-hydroxylation sites is 2. The Bertz CT molecular complexity index is 723. The summed E-state index contributed by atoms with van der Waals surface area (Å²) in [5, 5.41) is 11.4. The molecule has 0 saturated heterocycles. The first-order valence-corrected chi connectivity index (χ1v) is 6.75. The molecule has 0 aliphatic carbocycles. The lowest BCUT2D eigenvalue weighted by Crippen LogP contribution is -2.05. The molecule has 0 aliphatic rings. The van der Waals surface area contributed by atoms with Gasteiger partial charge in [-0.2, -0.15) is 0 Å². The summed E-state index contributed by atoms with van der Waals surface area (Å²) in [4.78, 5) is 0. The number of hydrogen-bond acceptors (Lipinski definition) is 3. The van der Waals surface area contributed by atoms with E-state index in [2.05, 4.69) is 15.6 Å². The molecule has 0 bridgehead atoms. The Kier molecular flexibility index (Phi) is 3.83. The van der Waals surface area contributed by atoms with Crippen LogP contribution in [0.3, 0.4) is 0 Å². The van der Waals surface area contributed by atoms with Crippen LogP contribution in [0.25, 0.3) is 5.69 Å². The molecule has 0 atom stereocenters. The molecule has 106 valence electrons. The quantitative estimate of drug-likeness (QED) is 0.799. The van der Waals surface area contributed by atoms with Gasteiger partial charge in [-0.15, -0.1) is 5.10 Å². The SMILES string of the molecule is Fc1cc(Cl)cc(CNc2ccccc2-n2ccnn2)c1. The fraction of sp³-hybridized carbons (Fsp3) is 0.0667. The van der Waals surface area contributed by atoms with Crippen molar-refractivity contribution in [3.05, 3.63) is 71.3 Å². The van der Waals surface area contributed by atoms with E-state index in [1.807, 2.05) is 24.3 Å². The van der Waals surface area contributed by atoms with Crippen LogP contribution in [0.15, 0.2) is 54.9 Å². The number of anilines is 1. The summed E-state index contributed by atoms with van der Waals surface area (Å²) in [6.07, 6.45) is 3.38. The first kappa shape index (κ1) is 13.6. The fourth-order valence-corrected chi connectivity index (χ4v) is 2.31. The Labute approximate surface area is 126 Å². The van der Waals surface area contributed by atoms with Gasteiger partial charge in [0.05, 0.1) is 23.8 Å². The van der Waals surface area contributed by atoms with E-state index >= 15 is 0 Å². The van der Waals surface area contributed by atoms with Gasteiger partial charge in [-0.05, 0) is 35.9 Å². The summed E-state index contributed by atoms with van der Waals surface area (Å²) in [6.45, 7) is 0.461. The van der Waals surface area contributed by atoms with Crippen LogP contribution in [0.2, 0.25) is 5.02 Å². The lowest BCUT2D eigenvalue weighted by Gasteiger charge is -2.11. The molecular formula is C15H12ClFN4. The number of benzene rings is 2. The molecule has 21 heavy (non-hydrogen) atoms. The Hall–Kier alpha value is -2.40. The molecule has 1 heterocycles. The standard InChI is InChI=1S/C15H12ClFN4/c16-12-7-11(8-13(17)9-12)10-18-14-3-1-2-4-15(14)21-6-5-19-20-21/h1-9,18H,10H2. The molecule has 0 radical (unpaired) electrons. The Balaban J connectivity index is 1.82. The van der Waals surface area contributed by atoms with E-state index in [0.29, 0.717) is 11.6 Å². The van der Waals surface area contributed by atoms with Crippen LogP contribution in [0.4, 0.5) is 10.1 Å². The number of aromatic nitrogens is 3. The average Bonchev–Trinajstić information content (AvgIpc) is 2.98. The largest absolute Gasteiger partial charge is 0.379 e. The predicted octanol–water partition coefficient (Wildman–Crippen LogP) is 3.67. The van der Waals surface area contributed by atoms with Crippen LogP contribution in [0.5, 0.6) is 0 Å². The smallest absolute Gasteiger partial charge is 0.125 e. The molecule has 1 aromatic heterocycles. The van der Waals surface area contributed by atoms with Crippen LogP contribution in [0, 0.1) is 5.82 Å². The van der Waals surface area contributed by atoms with Crippen molar-refractivity contribution in [2.75, 3.05) is 5.32 Å². The van der Waals surface area contributed by atoms with Crippen molar-refractivity contribution in [3.63, 3.8) is 0 Å². The molecule has 6 heteroatoms. The highest BCUT2D eigenvalue weighted by Gasteiger charge is 2.05. The summed E-state index contributed by atoms with van der Waals surface area (Å²) in [5.74, 6) is -0.344. The second kappa shape index (κ2) is 5.93. The van der Waals surface area contributed by atoms with Crippen molar-refractivity contribution in [2.24, 2.45) is 0 Å². The molecule has 2 aromatic carbocycles. The third kappa shape index (κ3) is 3.20. The molecule has 0 aliphatic heterocycles. The van der Waals surface area contributed by atoms with Crippen LogP contribution < -0.4 is 5.32 Å². The van der Waals surface area contributed by atoms with Gasteiger partial charge in [0.15, 0.2) is 0 Å². The average molecular weight is 303 g/mol. The number of rotatable bonds is 4. The van der Waals surface area contributed by atoms with Gasteiger partial charge in [0.25, 0.3) is 0 Å². The molecule has 0 amide bonds. The second-order valence-electron chi connectivity index (χ2n) is 4.50. The maximum absolute atomic E-state index is 13.3. The maximum Gasteiger partial charge on any atom is 0.125 e. The van der Waals surface area contributed by atoms with E-state index in [0.717, 1.165) is 16.9 Å². The zero-order valence-corrected chi connectivity index (χ0v) is 11.8. The van der Waals surface area contributed by atoms with Crippen LogP contribution in [-0.4, -0.2) is 15.0 Å². The van der Waals surface area contributed by atoms with Gasteiger partial charge >= 0.3 is 0 Å². The summed E-state index contributed by atoms with van der Waals surface area (Å²) in [7, 11) is 0. The second-order valence-corrected chi connectivity index (χ2v) is 4.93. The normalized spacial score (nSPS) is 10.6. The molecule has 0 spiro atoms. The first-order chi connectivity index (χ1) is 10.2. The lowest BCUT2D eigenvalue weighted by molar-refractivity contribution is 0.626. The van der Waals surface area contributed by atoms with Gasteiger partial charge in [0, 0.05) is 11.6 Å². The molecule has 4 nitrogen and oxygen atoms in total. The molecule has 1 N–H and O–H groups in total. The topological polar surface area (TPSA) is 42.7 Å². The van der Waals surface area contributed by atoms with Crippen molar-refractivity contribution in [1.29, 1.82) is 0 Å². The highest BCUT2D eigenvalue weighted by molar-refractivity contribution is 6.30. The van der Waals surface area contributed by atoms with Gasteiger partial charge in [-0.25, -0.2) is 9.07 Å². The van der Waals surface area contributed by atoms with Crippen molar-refractivity contribution in [2.45, 2.75) is 6.54 Å². The highest BCUT2D eigenvalue weighted by atomic mass is 35.5. The molecule has 0 fully saturated rings. The third-order valence-corrected chi connectivity index (χ3v) is 3.20. The van der Waals surface area contributed by atoms with E-state index in [-0.39, 0.29) is 5.82 Å². The van der Waals surface area contributed by atoms with Gasteiger partial charge in [0.2, 0.25) is 0 Å². The molecule has 0 saturated carbocycles. The lowest BCUT2D eigenvalue weighted by atomic mass is 10.2. The minimum absolute atomic E-state index is 0.344. The number of hydrogen-bond donors (Lipinski definition) is 1. The Morgan fingerprint density at radius 3 is 2.81 bits per heavy atom. The predicted molar refractivity (Wildman–Crippen MR) is 80.1 cm³/mol. The van der Waals surface area contributed by atoms with E-state index in [1.165, 1.54) is 12.1 Å². The van der Waals surface area contributed by atoms with Crippen LogP contribution >= 0.6 is 11.6 Å². The summed E-state index contributed by atoms with van der Waals surface area (Å²) in [6, 6.07) is 12.2. The molecule has 0 unspecified atom stereocenters. The minimum Gasteiger partial charge on any atom is -0.379 e. The molecule has 3 aromatic rings. The zero-order valence-electron chi connectivity index (χ0n) is 11.0. The summed E-state index contributed by atoms with van der Waals surface area (Å²) in [5.41, 5.74) is 2.52. The third-order valence-electron chi connectivity index (χ3n) is 2.98. The van der Waals surface area contributed by atoms with Crippen LogP contribution in [0.1, 0.15) is 5.56 Å². The van der Waals surface area contributed by atoms with Crippen molar-refractivity contribution in [3.8, 4) is 5.69 Å².